The summed E-state index contributed by atoms with van der Waals surface area (Å²) >= 11 is 0. The summed E-state index contributed by atoms with van der Waals surface area (Å²) in [6.45, 7) is 5.95. The lowest BCUT2D eigenvalue weighted by atomic mass is 9.83. The standard InChI is InChI=1S/C13H22O5/c1-4-16-11-6-8-13(9-7-11,18-10(3)14)12(15)17-5-2/h11H,4-9H2,1-3H3. The van der Waals surface area contributed by atoms with Gasteiger partial charge in [0.15, 0.2) is 0 Å². The van der Waals surface area contributed by atoms with Gasteiger partial charge in [0.25, 0.3) is 0 Å². The average Bonchev–Trinajstić information content (AvgIpc) is 2.32. The van der Waals surface area contributed by atoms with E-state index in [1.807, 2.05) is 6.92 Å². The molecule has 1 aliphatic rings. The van der Waals surface area contributed by atoms with E-state index in [2.05, 4.69) is 0 Å². The monoisotopic (exact) mass is 258 g/mol. The van der Waals surface area contributed by atoms with Gasteiger partial charge in [-0.2, -0.15) is 0 Å². The molecule has 18 heavy (non-hydrogen) atoms. The molecule has 0 heterocycles. The second kappa shape index (κ2) is 6.73. The second-order valence-electron chi connectivity index (χ2n) is 4.46. The number of esters is 2. The highest BCUT2D eigenvalue weighted by Gasteiger charge is 2.46. The number of carbonyl (C=O) groups is 2. The van der Waals surface area contributed by atoms with Gasteiger partial charge in [0.2, 0.25) is 5.60 Å². The molecular formula is C13H22O5. The van der Waals surface area contributed by atoms with E-state index in [1.54, 1.807) is 6.92 Å². The van der Waals surface area contributed by atoms with E-state index in [0.717, 1.165) is 0 Å². The summed E-state index contributed by atoms with van der Waals surface area (Å²) in [7, 11) is 0. The Hall–Kier alpha value is -1.10. The van der Waals surface area contributed by atoms with Crippen molar-refractivity contribution in [1.82, 2.24) is 0 Å². The van der Waals surface area contributed by atoms with Crippen molar-refractivity contribution < 1.29 is 23.8 Å². The number of carbonyl (C=O) groups excluding carboxylic acids is 2. The molecule has 0 aliphatic heterocycles. The molecule has 104 valence electrons. The van der Waals surface area contributed by atoms with Crippen LogP contribution in [0, 0.1) is 0 Å². The van der Waals surface area contributed by atoms with E-state index >= 15 is 0 Å². The van der Waals surface area contributed by atoms with E-state index < -0.39 is 17.5 Å². The topological polar surface area (TPSA) is 61.8 Å². The fourth-order valence-corrected chi connectivity index (χ4v) is 2.35. The minimum absolute atomic E-state index is 0.146. The maximum absolute atomic E-state index is 12.0. The first kappa shape index (κ1) is 15.0. The van der Waals surface area contributed by atoms with Crippen LogP contribution in [-0.2, 0) is 23.8 Å². The van der Waals surface area contributed by atoms with Crippen LogP contribution < -0.4 is 0 Å². The zero-order valence-corrected chi connectivity index (χ0v) is 11.4. The highest BCUT2D eigenvalue weighted by Crippen LogP contribution is 2.34. The predicted molar refractivity (Wildman–Crippen MR) is 65.0 cm³/mol. The molecule has 0 spiro atoms. The summed E-state index contributed by atoms with van der Waals surface area (Å²) in [5.74, 6) is -0.881. The van der Waals surface area contributed by atoms with Crippen molar-refractivity contribution in [3.8, 4) is 0 Å². The van der Waals surface area contributed by atoms with Gasteiger partial charge in [0, 0.05) is 26.4 Å². The Kier molecular flexibility index (Phi) is 5.59. The summed E-state index contributed by atoms with van der Waals surface area (Å²) in [5.41, 5.74) is -1.10. The summed E-state index contributed by atoms with van der Waals surface area (Å²) < 4.78 is 15.8. The molecule has 5 nitrogen and oxygen atoms in total. The molecule has 0 aromatic carbocycles. The molecule has 0 saturated heterocycles. The van der Waals surface area contributed by atoms with Crippen molar-refractivity contribution in [2.75, 3.05) is 13.2 Å². The number of ether oxygens (including phenoxy) is 3. The molecular weight excluding hydrogens is 236 g/mol. The van der Waals surface area contributed by atoms with Gasteiger partial charge in [-0.15, -0.1) is 0 Å². The Morgan fingerprint density at radius 1 is 1.17 bits per heavy atom. The van der Waals surface area contributed by atoms with Crippen molar-refractivity contribution >= 4 is 11.9 Å². The lowest BCUT2D eigenvalue weighted by Gasteiger charge is -2.36. The summed E-state index contributed by atoms with van der Waals surface area (Å²) in [4.78, 5) is 23.2. The maximum atomic E-state index is 12.0. The zero-order valence-electron chi connectivity index (χ0n) is 11.4. The van der Waals surface area contributed by atoms with Crippen molar-refractivity contribution in [2.24, 2.45) is 0 Å². The maximum Gasteiger partial charge on any atom is 0.350 e. The molecule has 0 radical (unpaired) electrons. The molecule has 1 rings (SSSR count). The van der Waals surface area contributed by atoms with Crippen LogP contribution in [0.4, 0.5) is 0 Å². The summed E-state index contributed by atoms with van der Waals surface area (Å²) in [6.07, 6.45) is 2.50. The quantitative estimate of drug-likeness (QED) is 0.704. The Morgan fingerprint density at radius 2 is 1.78 bits per heavy atom. The van der Waals surface area contributed by atoms with E-state index in [9.17, 15) is 9.59 Å². The van der Waals surface area contributed by atoms with Gasteiger partial charge in [0.1, 0.15) is 0 Å². The number of hydrogen-bond donors (Lipinski definition) is 0. The molecule has 0 atom stereocenters. The molecule has 1 aliphatic carbocycles. The van der Waals surface area contributed by atoms with Gasteiger partial charge in [-0.05, 0) is 26.7 Å². The highest BCUT2D eigenvalue weighted by atomic mass is 16.6. The minimum atomic E-state index is -1.10. The Morgan fingerprint density at radius 3 is 2.22 bits per heavy atom. The Balaban J connectivity index is 2.69. The van der Waals surface area contributed by atoms with Crippen LogP contribution in [0.15, 0.2) is 0 Å². The fourth-order valence-electron chi connectivity index (χ4n) is 2.35. The fraction of sp³-hybridized carbons (Fsp3) is 0.846. The van der Waals surface area contributed by atoms with E-state index in [4.69, 9.17) is 14.2 Å². The van der Waals surface area contributed by atoms with Gasteiger partial charge >= 0.3 is 11.9 Å². The van der Waals surface area contributed by atoms with E-state index in [0.29, 0.717) is 32.3 Å². The normalized spacial score (nSPS) is 27.6. The molecule has 0 aromatic rings. The largest absolute Gasteiger partial charge is 0.463 e. The number of hydrogen-bond acceptors (Lipinski definition) is 5. The third-order valence-electron chi connectivity index (χ3n) is 3.13. The molecule has 0 unspecified atom stereocenters. The zero-order chi connectivity index (χ0) is 13.6. The highest BCUT2D eigenvalue weighted by molar-refractivity contribution is 5.83. The van der Waals surface area contributed by atoms with Gasteiger partial charge in [0.05, 0.1) is 12.7 Å². The van der Waals surface area contributed by atoms with Crippen LogP contribution in [0.25, 0.3) is 0 Å². The van der Waals surface area contributed by atoms with Gasteiger partial charge in [-0.1, -0.05) is 0 Å². The van der Waals surface area contributed by atoms with E-state index in [1.165, 1.54) is 6.92 Å². The van der Waals surface area contributed by atoms with Crippen LogP contribution in [-0.4, -0.2) is 36.9 Å². The molecule has 1 saturated carbocycles. The minimum Gasteiger partial charge on any atom is -0.463 e. The smallest absolute Gasteiger partial charge is 0.350 e. The molecule has 0 aromatic heterocycles. The van der Waals surface area contributed by atoms with Crippen molar-refractivity contribution in [1.29, 1.82) is 0 Å². The lowest BCUT2D eigenvalue weighted by Crippen LogP contribution is -2.48. The first-order valence-electron chi connectivity index (χ1n) is 6.52. The van der Waals surface area contributed by atoms with Crippen LogP contribution in [0.5, 0.6) is 0 Å². The van der Waals surface area contributed by atoms with Crippen molar-refractivity contribution in [3.63, 3.8) is 0 Å². The summed E-state index contributed by atoms with van der Waals surface area (Å²) in [5, 5.41) is 0. The molecule has 0 N–H and O–H groups in total. The SMILES string of the molecule is CCOC(=O)C1(OC(C)=O)CCC(OCC)CC1. The van der Waals surface area contributed by atoms with Crippen molar-refractivity contribution in [2.45, 2.75) is 58.2 Å². The second-order valence-corrected chi connectivity index (χ2v) is 4.46. The third kappa shape index (κ3) is 3.70. The van der Waals surface area contributed by atoms with Crippen LogP contribution >= 0.6 is 0 Å². The third-order valence-corrected chi connectivity index (χ3v) is 3.13. The van der Waals surface area contributed by atoms with Gasteiger partial charge in [-0.3, -0.25) is 4.79 Å². The van der Waals surface area contributed by atoms with Crippen LogP contribution in [0.1, 0.15) is 46.5 Å². The van der Waals surface area contributed by atoms with E-state index in [-0.39, 0.29) is 12.7 Å². The Labute approximate surface area is 108 Å². The lowest BCUT2D eigenvalue weighted by molar-refractivity contribution is -0.188. The first-order valence-corrected chi connectivity index (χ1v) is 6.52. The average molecular weight is 258 g/mol. The molecule has 0 amide bonds. The Bertz CT molecular complexity index is 292. The molecule has 5 heteroatoms. The number of rotatable bonds is 5. The van der Waals surface area contributed by atoms with Gasteiger partial charge < -0.3 is 14.2 Å². The molecule has 1 fully saturated rings. The predicted octanol–water partition coefficient (Wildman–Crippen LogP) is 1.83. The van der Waals surface area contributed by atoms with Crippen molar-refractivity contribution in [3.05, 3.63) is 0 Å². The summed E-state index contributed by atoms with van der Waals surface area (Å²) in [6, 6.07) is 0. The molecule has 0 bridgehead atoms. The van der Waals surface area contributed by atoms with Gasteiger partial charge in [-0.25, -0.2) is 4.79 Å². The first-order chi connectivity index (χ1) is 8.54. The van der Waals surface area contributed by atoms with Crippen LogP contribution in [0.3, 0.4) is 0 Å². The van der Waals surface area contributed by atoms with Crippen LogP contribution in [0.2, 0.25) is 0 Å².